The van der Waals surface area contributed by atoms with Gasteiger partial charge in [-0.25, -0.2) is 4.39 Å². The smallest absolute Gasteiger partial charge is 0.159 e. The maximum Gasteiger partial charge on any atom is 0.159 e. The fourth-order valence-corrected chi connectivity index (χ4v) is 1.14. The van der Waals surface area contributed by atoms with Gasteiger partial charge in [0.05, 0.1) is 0 Å². The number of hydrogen-bond donors (Lipinski definition) is 0. The highest BCUT2D eigenvalue weighted by Crippen LogP contribution is 2.13. The van der Waals surface area contributed by atoms with E-state index in [0.29, 0.717) is 11.1 Å². The topological polar surface area (TPSA) is 34.1 Å². The second kappa shape index (κ2) is 5.20. The van der Waals surface area contributed by atoms with Crippen LogP contribution in [0.25, 0.3) is 6.08 Å². The summed E-state index contributed by atoms with van der Waals surface area (Å²) in [7, 11) is 0. The Morgan fingerprint density at radius 1 is 1.47 bits per heavy atom. The van der Waals surface area contributed by atoms with Crippen LogP contribution in [0.3, 0.4) is 0 Å². The van der Waals surface area contributed by atoms with Crippen molar-refractivity contribution in [2.24, 2.45) is 0 Å². The molecule has 0 heterocycles. The van der Waals surface area contributed by atoms with E-state index in [1.165, 1.54) is 31.2 Å². The highest BCUT2D eigenvalue weighted by molar-refractivity contribution is 5.94. The highest BCUT2D eigenvalue weighted by atomic mass is 19.1. The third-order valence-electron chi connectivity index (χ3n) is 1.93. The molecule has 0 aromatic heterocycles. The van der Waals surface area contributed by atoms with Gasteiger partial charge in [-0.2, -0.15) is 0 Å². The molecule has 0 fully saturated rings. The molecule has 0 unspecified atom stereocenters. The van der Waals surface area contributed by atoms with E-state index < -0.39 is 5.82 Å². The number of allylic oxidation sites excluding steroid dienone is 1. The summed E-state index contributed by atoms with van der Waals surface area (Å²) in [4.78, 5) is 21.1. The average molecular weight is 206 g/mol. The van der Waals surface area contributed by atoms with Gasteiger partial charge >= 0.3 is 0 Å². The van der Waals surface area contributed by atoms with Crippen LogP contribution in [0.1, 0.15) is 29.3 Å². The Morgan fingerprint density at radius 2 is 2.20 bits per heavy atom. The van der Waals surface area contributed by atoms with Crippen molar-refractivity contribution in [1.29, 1.82) is 0 Å². The summed E-state index contributed by atoms with van der Waals surface area (Å²) >= 11 is 0. The maximum atomic E-state index is 13.2. The predicted molar refractivity (Wildman–Crippen MR) is 56.1 cm³/mol. The molecule has 0 atom stereocenters. The molecule has 1 rings (SSSR count). The third-order valence-corrected chi connectivity index (χ3v) is 1.93. The first kappa shape index (κ1) is 11.3. The van der Waals surface area contributed by atoms with Crippen LogP contribution in [0, 0.1) is 5.82 Å². The highest BCUT2D eigenvalue weighted by Gasteiger charge is 2.03. The number of carbonyl (C=O) groups is 2. The molecule has 0 aliphatic heterocycles. The van der Waals surface area contributed by atoms with Crippen molar-refractivity contribution in [2.45, 2.75) is 13.3 Å². The number of ketones is 1. The van der Waals surface area contributed by atoms with E-state index in [1.807, 2.05) is 0 Å². The summed E-state index contributed by atoms with van der Waals surface area (Å²) in [5.74, 6) is -0.512. The van der Waals surface area contributed by atoms with Gasteiger partial charge in [0.25, 0.3) is 0 Å². The molecule has 0 radical (unpaired) electrons. The normalized spacial score (nSPS) is 10.5. The molecule has 0 N–H and O–H groups in total. The summed E-state index contributed by atoms with van der Waals surface area (Å²) in [6.07, 6.45) is 4.01. The zero-order valence-electron chi connectivity index (χ0n) is 8.37. The minimum absolute atomic E-state index is 0.111. The number of rotatable bonds is 4. The molecule has 0 amide bonds. The van der Waals surface area contributed by atoms with Crippen molar-refractivity contribution in [2.75, 3.05) is 0 Å². The Hall–Kier alpha value is -1.77. The van der Waals surface area contributed by atoms with Gasteiger partial charge in [-0.1, -0.05) is 12.2 Å². The first-order valence-corrected chi connectivity index (χ1v) is 4.56. The van der Waals surface area contributed by atoms with Crippen LogP contribution in [-0.4, -0.2) is 12.1 Å². The molecule has 0 bridgehead atoms. The number of halogens is 1. The zero-order chi connectivity index (χ0) is 11.3. The Balaban J connectivity index is 3.00. The number of carbonyl (C=O) groups excluding carboxylic acids is 2. The molecule has 3 heteroatoms. The van der Waals surface area contributed by atoms with Gasteiger partial charge in [0.2, 0.25) is 0 Å². The van der Waals surface area contributed by atoms with E-state index in [1.54, 1.807) is 6.08 Å². The number of hydrogen-bond acceptors (Lipinski definition) is 2. The van der Waals surface area contributed by atoms with Crippen LogP contribution in [0.5, 0.6) is 0 Å². The monoisotopic (exact) mass is 206 g/mol. The second-order valence-corrected chi connectivity index (χ2v) is 3.10. The van der Waals surface area contributed by atoms with Crippen molar-refractivity contribution in [3.8, 4) is 0 Å². The lowest BCUT2D eigenvalue weighted by Crippen LogP contribution is -1.94. The number of aldehydes is 1. The predicted octanol–water partition coefficient (Wildman–Crippen LogP) is 2.63. The van der Waals surface area contributed by atoms with Gasteiger partial charge in [-0.3, -0.25) is 4.79 Å². The molecule has 0 aliphatic carbocycles. The lowest BCUT2D eigenvalue weighted by atomic mass is 10.1. The molecular weight excluding hydrogens is 195 g/mol. The van der Waals surface area contributed by atoms with Crippen molar-refractivity contribution in [1.82, 2.24) is 0 Å². The molecule has 0 aliphatic rings. The molecule has 0 saturated carbocycles. The van der Waals surface area contributed by atoms with E-state index in [4.69, 9.17) is 0 Å². The second-order valence-electron chi connectivity index (χ2n) is 3.10. The van der Waals surface area contributed by atoms with Crippen LogP contribution >= 0.6 is 0 Å². The summed E-state index contributed by atoms with van der Waals surface area (Å²) in [5, 5.41) is 0. The zero-order valence-corrected chi connectivity index (χ0v) is 8.37. The van der Waals surface area contributed by atoms with Gasteiger partial charge in [0, 0.05) is 17.5 Å². The number of Topliss-reactive ketones (excluding diaryl/α,β-unsaturated/α-hetero) is 1. The van der Waals surface area contributed by atoms with Crippen LogP contribution in [0.4, 0.5) is 4.39 Å². The standard InChI is InChI=1S/C12H11FO2/c1-9(15)10-5-6-12(13)11(8-10)4-2-3-7-14/h2,4-8H,3H2,1H3. The summed E-state index contributed by atoms with van der Waals surface area (Å²) in [6.45, 7) is 1.42. The van der Waals surface area contributed by atoms with Crippen LogP contribution in [-0.2, 0) is 4.79 Å². The minimum atomic E-state index is -0.401. The van der Waals surface area contributed by atoms with Gasteiger partial charge in [-0.05, 0) is 25.1 Å². The SMILES string of the molecule is CC(=O)c1ccc(F)c(C=CCC=O)c1. The van der Waals surface area contributed by atoms with Crippen molar-refractivity contribution in [3.63, 3.8) is 0 Å². The first-order chi connectivity index (χ1) is 7.15. The van der Waals surface area contributed by atoms with Crippen LogP contribution in [0.15, 0.2) is 24.3 Å². The van der Waals surface area contributed by atoms with Crippen molar-refractivity contribution < 1.29 is 14.0 Å². The molecule has 1 aromatic rings. The Morgan fingerprint density at radius 3 is 2.80 bits per heavy atom. The fourth-order valence-electron chi connectivity index (χ4n) is 1.14. The van der Waals surface area contributed by atoms with Gasteiger partial charge < -0.3 is 4.79 Å². The van der Waals surface area contributed by atoms with Gasteiger partial charge in [-0.15, -0.1) is 0 Å². The molecule has 78 valence electrons. The average Bonchev–Trinajstić information content (AvgIpc) is 2.20. The van der Waals surface area contributed by atoms with E-state index >= 15 is 0 Å². The van der Waals surface area contributed by atoms with E-state index in [0.717, 1.165) is 6.29 Å². The molecule has 0 spiro atoms. The summed E-state index contributed by atoms with van der Waals surface area (Å²) in [6, 6.07) is 4.16. The van der Waals surface area contributed by atoms with Gasteiger partial charge in [0.15, 0.2) is 5.78 Å². The Kier molecular flexibility index (Phi) is 3.92. The van der Waals surface area contributed by atoms with Crippen LogP contribution in [0.2, 0.25) is 0 Å². The van der Waals surface area contributed by atoms with Crippen molar-refractivity contribution >= 4 is 18.1 Å². The largest absolute Gasteiger partial charge is 0.303 e. The lowest BCUT2D eigenvalue weighted by Gasteiger charge is -1.99. The molecule has 0 saturated heterocycles. The Bertz CT molecular complexity index is 408. The Labute approximate surface area is 87.4 Å². The third kappa shape index (κ3) is 3.13. The number of benzene rings is 1. The van der Waals surface area contributed by atoms with Crippen LogP contribution < -0.4 is 0 Å². The summed E-state index contributed by atoms with van der Waals surface area (Å²) < 4.78 is 13.2. The molecule has 1 aromatic carbocycles. The maximum absolute atomic E-state index is 13.2. The van der Waals surface area contributed by atoms with E-state index in [2.05, 4.69) is 0 Å². The fraction of sp³-hybridized carbons (Fsp3) is 0.167. The molecular formula is C12H11FO2. The lowest BCUT2D eigenvalue weighted by molar-refractivity contribution is -0.107. The minimum Gasteiger partial charge on any atom is -0.303 e. The van der Waals surface area contributed by atoms with E-state index in [9.17, 15) is 14.0 Å². The molecule has 2 nitrogen and oxygen atoms in total. The van der Waals surface area contributed by atoms with Gasteiger partial charge in [0.1, 0.15) is 12.1 Å². The summed E-state index contributed by atoms with van der Waals surface area (Å²) in [5.41, 5.74) is 0.784. The first-order valence-electron chi connectivity index (χ1n) is 4.56. The molecule has 15 heavy (non-hydrogen) atoms. The van der Waals surface area contributed by atoms with Crippen molar-refractivity contribution in [3.05, 3.63) is 41.2 Å². The quantitative estimate of drug-likeness (QED) is 0.560. The van der Waals surface area contributed by atoms with E-state index in [-0.39, 0.29) is 12.2 Å².